The summed E-state index contributed by atoms with van der Waals surface area (Å²) in [5, 5.41) is 15.4. The normalized spacial score (nSPS) is 21.8. The number of amides is 1. The van der Waals surface area contributed by atoms with Crippen LogP contribution in [0.1, 0.15) is 10.4 Å². The number of hydrogen-bond donors (Lipinski definition) is 3. The highest BCUT2D eigenvalue weighted by Gasteiger charge is 2.25. The van der Waals surface area contributed by atoms with Gasteiger partial charge in [0.2, 0.25) is 0 Å². The fraction of sp³-hybridized carbons (Fsp3) is 0.417. The largest absolute Gasteiger partial charge is 0.391 e. The maximum absolute atomic E-state index is 12.8. The average molecular weight is 309 g/mol. The van der Waals surface area contributed by atoms with Crippen LogP contribution in [0.25, 0.3) is 0 Å². The lowest BCUT2D eigenvalue weighted by atomic mass is 10.1. The van der Waals surface area contributed by atoms with E-state index in [1.807, 2.05) is 0 Å². The van der Waals surface area contributed by atoms with Crippen molar-refractivity contribution in [2.75, 3.05) is 19.6 Å². The van der Waals surface area contributed by atoms with Gasteiger partial charge in [0.1, 0.15) is 5.82 Å². The molecule has 0 bridgehead atoms. The van der Waals surface area contributed by atoms with E-state index in [2.05, 4.69) is 10.6 Å². The number of nitrogens with one attached hydrogen (secondary N) is 2. The molecule has 0 aromatic heterocycles. The average Bonchev–Trinajstić information content (AvgIpc) is 2.72. The van der Waals surface area contributed by atoms with E-state index in [1.54, 1.807) is 0 Å². The molecule has 2 atom stereocenters. The number of benzene rings is 1. The van der Waals surface area contributed by atoms with Gasteiger partial charge in [0.15, 0.2) is 0 Å². The van der Waals surface area contributed by atoms with Crippen LogP contribution in [0.15, 0.2) is 18.2 Å². The van der Waals surface area contributed by atoms with E-state index >= 15 is 0 Å². The Morgan fingerprint density at radius 2 is 2.26 bits per heavy atom. The second-order valence-electron chi connectivity index (χ2n) is 4.32. The van der Waals surface area contributed by atoms with Gasteiger partial charge >= 0.3 is 0 Å². The summed E-state index contributed by atoms with van der Waals surface area (Å²) < 4.78 is 12.8. The second-order valence-corrected chi connectivity index (χ2v) is 4.73. The smallest absolute Gasteiger partial charge is 0.252 e. The van der Waals surface area contributed by atoms with E-state index in [1.165, 1.54) is 12.1 Å². The Kier molecular flexibility index (Phi) is 6.00. The molecule has 106 valence electrons. The molecule has 0 saturated carbocycles. The topological polar surface area (TPSA) is 61.4 Å². The molecule has 0 radical (unpaired) electrons. The minimum Gasteiger partial charge on any atom is -0.391 e. The van der Waals surface area contributed by atoms with Gasteiger partial charge in [-0.05, 0) is 18.2 Å². The SMILES string of the molecule is Cl.O=C(NCC1CNCC1O)c1ccc(F)cc1Cl. The van der Waals surface area contributed by atoms with Crippen molar-refractivity contribution < 1.29 is 14.3 Å². The van der Waals surface area contributed by atoms with E-state index in [9.17, 15) is 14.3 Å². The Hall–Kier alpha value is -0.880. The van der Waals surface area contributed by atoms with Crippen LogP contribution in [0.3, 0.4) is 0 Å². The van der Waals surface area contributed by atoms with Crippen molar-refractivity contribution in [2.45, 2.75) is 6.10 Å². The maximum atomic E-state index is 12.8. The summed E-state index contributed by atoms with van der Waals surface area (Å²) in [7, 11) is 0. The van der Waals surface area contributed by atoms with Crippen molar-refractivity contribution in [1.82, 2.24) is 10.6 Å². The van der Waals surface area contributed by atoms with Gasteiger partial charge < -0.3 is 15.7 Å². The molecule has 1 aliphatic heterocycles. The van der Waals surface area contributed by atoms with Gasteiger partial charge in [0.25, 0.3) is 5.91 Å². The van der Waals surface area contributed by atoms with E-state index in [4.69, 9.17) is 11.6 Å². The van der Waals surface area contributed by atoms with Crippen molar-refractivity contribution in [3.05, 3.63) is 34.6 Å². The number of hydrogen-bond acceptors (Lipinski definition) is 3. The molecule has 1 aromatic rings. The summed E-state index contributed by atoms with van der Waals surface area (Å²) in [5.74, 6) is -0.848. The molecule has 0 spiro atoms. The monoisotopic (exact) mass is 308 g/mol. The maximum Gasteiger partial charge on any atom is 0.252 e. The Morgan fingerprint density at radius 3 is 2.84 bits per heavy atom. The van der Waals surface area contributed by atoms with Crippen molar-refractivity contribution >= 4 is 29.9 Å². The number of carbonyl (C=O) groups is 1. The summed E-state index contributed by atoms with van der Waals surface area (Å²) in [4.78, 5) is 11.8. The van der Waals surface area contributed by atoms with Gasteiger partial charge in [0, 0.05) is 25.6 Å². The highest BCUT2D eigenvalue weighted by atomic mass is 35.5. The third-order valence-electron chi connectivity index (χ3n) is 3.00. The quantitative estimate of drug-likeness (QED) is 0.786. The second kappa shape index (κ2) is 7.05. The van der Waals surface area contributed by atoms with E-state index in [0.717, 1.165) is 6.07 Å². The number of halogens is 3. The molecule has 1 saturated heterocycles. The van der Waals surface area contributed by atoms with Crippen molar-refractivity contribution in [3.8, 4) is 0 Å². The van der Waals surface area contributed by atoms with Crippen LogP contribution in [0.5, 0.6) is 0 Å². The first kappa shape index (κ1) is 16.2. The molecule has 2 unspecified atom stereocenters. The molecule has 1 amide bonds. The van der Waals surface area contributed by atoms with E-state index < -0.39 is 11.9 Å². The van der Waals surface area contributed by atoms with Crippen LogP contribution >= 0.6 is 24.0 Å². The summed E-state index contributed by atoms with van der Waals surface area (Å²) in [6, 6.07) is 3.63. The highest BCUT2D eigenvalue weighted by molar-refractivity contribution is 6.33. The first-order valence-corrected chi connectivity index (χ1v) is 6.08. The minimum absolute atomic E-state index is 0. The van der Waals surface area contributed by atoms with Gasteiger partial charge in [-0.2, -0.15) is 0 Å². The number of aliphatic hydroxyl groups excluding tert-OH is 1. The Labute approximate surface area is 121 Å². The van der Waals surface area contributed by atoms with Gasteiger partial charge in [0.05, 0.1) is 16.7 Å². The standard InChI is InChI=1S/C12H14ClFN2O2.ClH/c13-10-3-8(14)1-2-9(10)12(18)16-5-7-4-15-6-11(7)17;/h1-3,7,11,15,17H,4-6H2,(H,16,18);1H. The number of aliphatic hydroxyl groups is 1. The summed E-state index contributed by atoms with van der Waals surface area (Å²) in [6.07, 6.45) is -0.450. The van der Waals surface area contributed by atoms with Crippen LogP contribution in [-0.4, -0.2) is 36.8 Å². The van der Waals surface area contributed by atoms with Gasteiger partial charge in [-0.15, -0.1) is 12.4 Å². The Morgan fingerprint density at radius 1 is 1.53 bits per heavy atom. The molecule has 3 N–H and O–H groups in total. The van der Waals surface area contributed by atoms with Gasteiger partial charge in [-0.25, -0.2) is 4.39 Å². The molecule has 1 aromatic carbocycles. The lowest BCUT2D eigenvalue weighted by Crippen LogP contribution is -2.34. The lowest BCUT2D eigenvalue weighted by Gasteiger charge is -2.14. The zero-order valence-electron chi connectivity index (χ0n) is 10.0. The van der Waals surface area contributed by atoms with Gasteiger partial charge in [-0.3, -0.25) is 4.79 Å². The van der Waals surface area contributed by atoms with E-state index in [0.29, 0.717) is 19.6 Å². The van der Waals surface area contributed by atoms with E-state index in [-0.39, 0.29) is 34.8 Å². The van der Waals surface area contributed by atoms with Crippen molar-refractivity contribution in [2.24, 2.45) is 5.92 Å². The predicted octanol–water partition coefficient (Wildman–Crippen LogP) is 1.21. The highest BCUT2D eigenvalue weighted by Crippen LogP contribution is 2.17. The zero-order chi connectivity index (χ0) is 13.1. The molecule has 2 rings (SSSR count). The fourth-order valence-electron chi connectivity index (χ4n) is 1.92. The molecule has 1 fully saturated rings. The number of β-amino-alcohol motifs (C(OH)–C–C–N with tert-alkyl or cyclic N) is 1. The summed E-state index contributed by atoms with van der Waals surface area (Å²) >= 11 is 5.79. The lowest BCUT2D eigenvalue weighted by molar-refractivity contribution is 0.0927. The molecule has 1 aliphatic rings. The Bertz CT molecular complexity index is 459. The van der Waals surface area contributed by atoms with Crippen LogP contribution in [0.2, 0.25) is 5.02 Å². The van der Waals surface area contributed by atoms with Crippen LogP contribution in [-0.2, 0) is 0 Å². The van der Waals surface area contributed by atoms with Crippen LogP contribution < -0.4 is 10.6 Å². The molecular weight excluding hydrogens is 294 g/mol. The zero-order valence-corrected chi connectivity index (χ0v) is 11.6. The molecule has 4 nitrogen and oxygen atoms in total. The summed E-state index contributed by atoms with van der Waals surface area (Å²) in [6.45, 7) is 1.57. The molecule has 19 heavy (non-hydrogen) atoms. The first-order chi connectivity index (χ1) is 8.58. The third-order valence-corrected chi connectivity index (χ3v) is 3.32. The minimum atomic E-state index is -0.480. The molecular formula is C12H15Cl2FN2O2. The fourth-order valence-corrected chi connectivity index (χ4v) is 2.17. The van der Waals surface area contributed by atoms with Crippen LogP contribution in [0, 0.1) is 11.7 Å². The molecule has 0 aliphatic carbocycles. The van der Waals surface area contributed by atoms with Crippen molar-refractivity contribution in [3.63, 3.8) is 0 Å². The Balaban J connectivity index is 0.00000180. The third kappa shape index (κ3) is 4.04. The summed E-state index contributed by atoms with van der Waals surface area (Å²) in [5.41, 5.74) is 0.235. The molecule has 1 heterocycles. The molecule has 7 heteroatoms. The first-order valence-electron chi connectivity index (χ1n) is 5.70. The number of rotatable bonds is 3. The number of carbonyl (C=O) groups excluding carboxylic acids is 1. The predicted molar refractivity (Wildman–Crippen MR) is 73.4 cm³/mol. The van der Waals surface area contributed by atoms with Gasteiger partial charge in [-0.1, -0.05) is 11.6 Å². The van der Waals surface area contributed by atoms with Crippen LogP contribution in [0.4, 0.5) is 4.39 Å². The van der Waals surface area contributed by atoms with Crippen molar-refractivity contribution in [1.29, 1.82) is 0 Å².